The van der Waals surface area contributed by atoms with E-state index in [1.54, 1.807) is 42.3 Å². The molecule has 0 saturated carbocycles. The van der Waals surface area contributed by atoms with Crippen LogP contribution in [0.1, 0.15) is 18.5 Å². The van der Waals surface area contributed by atoms with Crippen LogP contribution in [0.4, 0.5) is 11.4 Å². The maximum atomic E-state index is 13.4. The number of ether oxygens (including phenoxy) is 1. The highest BCUT2D eigenvalue weighted by atomic mass is 35.5. The molecule has 3 aromatic rings. The molecule has 0 saturated heterocycles. The molecule has 0 bridgehead atoms. The van der Waals surface area contributed by atoms with Crippen molar-refractivity contribution in [3.8, 4) is 5.75 Å². The van der Waals surface area contributed by atoms with Crippen molar-refractivity contribution in [1.29, 1.82) is 0 Å². The first kappa shape index (κ1) is 24.6. The highest BCUT2D eigenvalue weighted by Gasteiger charge is 2.27. The summed E-state index contributed by atoms with van der Waals surface area (Å²) in [6, 6.07) is 20.7. The van der Waals surface area contributed by atoms with Gasteiger partial charge in [-0.2, -0.15) is 0 Å². The topological polar surface area (TPSA) is 70.7 Å². The largest absolute Gasteiger partial charge is 0.492 e. The van der Waals surface area contributed by atoms with E-state index in [0.29, 0.717) is 33.8 Å². The molecule has 8 heteroatoms. The van der Waals surface area contributed by atoms with Gasteiger partial charge in [0.05, 0.1) is 34.6 Å². The smallest absolute Gasteiger partial charge is 0.246 e. The number of para-hydroxylation sites is 3. The van der Waals surface area contributed by atoms with Crippen molar-refractivity contribution in [2.45, 2.75) is 13.0 Å². The van der Waals surface area contributed by atoms with Gasteiger partial charge in [-0.3, -0.25) is 14.5 Å². The molecular formula is C25H25Cl2N3O3. The summed E-state index contributed by atoms with van der Waals surface area (Å²) in [5.41, 5.74) is 1.64. The SMILES string of the molecule is CCOc1ccccc1NC(=O)C(c1ccccc1)N(C)CC(=O)Nc1c(Cl)cccc1Cl. The summed E-state index contributed by atoms with van der Waals surface area (Å²) in [5, 5.41) is 6.34. The Bertz CT molecular complexity index is 1090. The zero-order valence-electron chi connectivity index (χ0n) is 18.3. The van der Waals surface area contributed by atoms with Crippen LogP contribution in [0.15, 0.2) is 72.8 Å². The molecule has 0 aliphatic rings. The Labute approximate surface area is 203 Å². The summed E-state index contributed by atoms with van der Waals surface area (Å²) in [5.74, 6) is -0.0655. The molecule has 6 nitrogen and oxygen atoms in total. The Balaban J connectivity index is 1.81. The standard InChI is InChI=1S/C25H25Cl2N3O3/c1-3-33-21-15-8-7-14-20(21)28-25(32)24(17-10-5-4-6-11-17)30(2)16-22(31)29-23-18(26)12-9-13-19(23)27/h4-15,24H,3,16H2,1-2H3,(H,28,32)(H,29,31). The Morgan fingerprint density at radius 1 is 0.909 bits per heavy atom. The normalized spacial score (nSPS) is 11.7. The number of likely N-dealkylation sites (N-methyl/N-ethyl adjacent to an activating group) is 1. The fraction of sp³-hybridized carbons (Fsp3) is 0.200. The minimum atomic E-state index is -0.728. The molecule has 0 heterocycles. The summed E-state index contributed by atoms with van der Waals surface area (Å²) in [4.78, 5) is 27.8. The fourth-order valence-corrected chi connectivity index (χ4v) is 3.90. The quantitative estimate of drug-likeness (QED) is 0.411. The van der Waals surface area contributed by atoms with Crippen LogP contribution >= 0.6 is 23.2 Å². The average molecular weight is 486 g/mol. The second-order valence-electron chi connectivity index (χ2n) is 7.29. The van der Waals surface area contributed by atoms with Gasteiger partial charge in [-0.15, -0.1) is 0 Å². The van der Waals surface area contributed by atoms with E-state index < -0.39 is 6.04 Å². The molecule has 1 atom stereocenters. The van der Waals surface area contributed by atoms with Crippen LogP contribution in [0.3, 0.4) is 0 Å². The number of halogens is 2. The second kappa shape index (κ2) is 11.7. The molecule has 33 heavy (non-hydrogen) atoms. The van der Waals surface area contributed by atoms with E-state index in [9.17, 15) is 9.59 Å². The number of hydrogen-bond acceptors (Lipinski definition) is 4. The van der Waals surface area contributed by atoms with Crippen LogP contribution in [0.25, 0.3) is 0 Å². The third-order valence-corrected chi connectivity index (χ3v) is 5.50. The number of nitrogens with zero attached hydrogens (tertiary/aromatic N) is 1. The van der Waals surface area contributed by atoms with Crippen LogP contribution in [0.2, 0.25) is 10.0 Å². The molecule has 0 spiro atoms. The van der Waals surface area contributed by atoms with Crippen LogP contribution in [-0.4, -0.2) is 36.9 Å². The Morgan fingerprint density at radius 2 is 1.55 bits per heavy atom. The van der Waals surface area contributed by atoms with Gasteiger partial charge in [0.1, 0.15) is 11.8 Å². The van der Waals surface area contributed by atoms with E-state index in [-0.39, 0.29) is 18.4 Å². The van der Waals surface area contributed by atoms with Crippen molar-refractivity contribution in [3.63, 3.8) is 0 Å². The molecule has 2 amide bonds. The predicted molar refractivity (Wildman–Crippen MR) is 133 cm³/mol. The lowest BCUT2D eigenvalue weighted by molar-refractivity contribution is -0.123. The van der Waals surface area contributed by atoms with Gasteiger partial charge >= 0.3 is 0 Å². The first-order chi connectivity index (χ1) is 15.9. The van der Waals surface area contributed by atoms with E-state index in [0.717, 1.165) is 5.56 Å². The molecule has 3 rings (SSSR count). The summed E-state index contributed by atoms with van der Waals surface area (Å²) in [6.45, 7) is 2.28. The lowest BCUT2D eigenvalue weighted by Crippen LogP contribution is -2.39. The van der Waals surface area contributed by atoms with Crippen molar-refractivity contribution in [3.05, 3.63) is 88.4 Å². The molecular weight excluding hydrogens is 461 g/mol. The second-order valence-corrected chi connectivity index (χ2v) is 8.11. The molecule has 0 radical (unpaired) electrons. The highest BCUT2D eigenvalue weighted by molar-refractivity contribution is 6.39. The molecule has 1 unspecified atom stereocenters. The Kier molecular flexibility index (Phi) is 8.72. The summed E-state index contributed by atoms with van der Waals surface area (Å²) >= 11 is 12.3. The zero-order chi connectivity index (χ0) is 23.8. The highest BCUT2D eigenvalue weighted by Crippen LogP contribution is 2.30. The number of hydrogen-bond donors (Lipinski definition) is 2. The van der Waals surface area contributed by atoms with E-state index in [1.165, 1.54) is 0 Å². The van der Waals surface area contributed by atoms with Gasteiger partial charge in [-0.05, 0) is 43.8 Å². The first-order valence-electron chi connectivity index (χ1n) is 10.4. The van der Waals surface area contributed by atoms with Gasteiger partial charge in [0.15, 0.2) is 0 Å². The molecule has 0 fully saturated rings. The lowest BCUT2D eigenvalue weighted by Gasteiger charge is -2.27. The van der Waals surface area contributed by atoms with Crippen molar-refractivity contribution in [2.75, 3.05) is 30.8 Å². The van der Waals surface area contributed by atoms with Gasteiger partial charge in [-0.1, -0.05) is 71.7 Å². The molecule has 0 aromatic heterocycles. The number of rotatable bonds is 9. The van der Waals surface area contributed by atoms with Crippen molar-refractivity contribution < 1.29 is 14.3 Å². The van der Waals surface area contributed by atoms with Crippen molar-refractivity contribution in [1.82, 2.24) is 4.90 Å². The monoisotopic (exact) mass is 485 g/mol. The van der Waals surface area contributed by atoms with Crippen LogP contribution in [0.5, 0.6) is 5.75 Å². The van der Waals surface area contributed by atoms with Gasteiger partial charge in [-0.25, -0.2) is 0 Å². The van der Waals surface area contributed by atoms with E-state index in [1.807, 2.05) is 49.4 Å². The minimum Gasteiger partial charge on any atom is -0.492 e. The number of nitrogens with one attached hydrogen (secondary N) is 2. The third-order valence-electron chi connectivity index (χ3n) is 4.87. The molecule has 0 aliphatic heterocycles. The number of anilines is 2. The summed E-state index contributed by atoms with van der Waals surface area (Å²) < 4.78 is 5.62. The maximum Gasteiger partial charge on any atom is 0.246 e. The summed E-state index contributed by atoms with van der Waals surface area (Å²) in [6.07, 6.45) is 0. The van der Waals surface area contributed by atoms with E-state index in [4.69, 9.17) is 27.9 Å². The third kappa shape index (κ3) is 6.48. The summed E-state index contributed by atoms with van der Waals surface area (Å²) in [7, 11) is 1.71. The van der Waals surface area contributed by atoms with Crippen LogP contribution in [0, 0.1) is 0 Å². The lowest BCUT2D eigenvalue weighted by atomic mass is 10.0. The van der Waals surface area contributed by atoms with E-state index >= 15 is 0 Å². The number of amides is 2. The first-order valence-corrected chi connectivity index (χ1v) is 11.2. The van der Waals surface area contributed by atoms with E-state index in [2.05, 4.69) is 10.6 Å². The minimum absolute atomic E-state index is 0.0678. The van der Waals surface area contributed by atoms with Gasteiger partial charge in [0, 0.05) is 0 Å². The maximum absolute atomic E-state index is 13.4. The van der Waals surface area contributed by atoms with Gasteiger partial charge in [0.25, 0.3) is 0 Å². The average Bonchev–Trinajstić information content (AvgIpc) is 2.79. The van der Waals surface area contributed by atoms with Crippen LogP contribution in [-0.2, 0) is 9.59 Å². The van der Waals surface area contributed by atoms with Gasteiger partial charge in [0.2, 0.25) is 11.8 Å². The van der Waals surface area contributed by atoms with Gasteiger partial charge < -0.3 is 15.4 Å². The predicted octanol–water partition coefficient (Wildman–Crippen LogP) is 5.64. The Hall–Kier alpha value is -3.06. The Morgan fingerprint density at radius 3 is 2.21 bits per heavy atom. The fourth-order valence-electron chi connectivity index (χ4n) is 3.41. The van der Waals surface area contributed by atoms with Crippen molar-refractivity contribution >= 4 is 46.4 Å². The number of carbonyl (C=O) groups excluding carboxylic acids is 2. The number of carbonyl (C=O) groups is 2. The molecule has 0 aliphatic carbocycles. The molecule has 172 valence electrons. The van der Waals surface area contributed by atoms with Crippen LogP contribution < -0.4 is 15.4 Å². The van der Waals surface area contributed by atoms with Crippen molar-refractivity contribution in [2.24, 2.45) is 0 Å². The number of benzene rings is 3. The zero-order valence-corrected chi connectivity index (χ0v) is 19.9. The molecule has 2 N–H and O–H groups in total. The molecule has 3 aromatic carbocycles.